The monoisotopic (exact) mass is 327 g/mol. The fourth-order valence-corrected chi connectivity index (χ4v) is 3.25. The molecule has 1 heterocycles. The van der Waals surface area contributed by atoms with Gasteiger partial charge in [-0.2, -0.15) is 0 Å². The summed E-state index contributed by atoms with van der Waals surface area (Å²) in [5.41, 5.74) is 2.23. The van der Waals surface area contributed by atoms with E-state index in [1.54, 1.807) is 29.2 Å². The van der Waals surface area contributed by atoms with Crippen molar-refractivity contribution in [2.75, 3.05) is 0 Å². The lowest BCUT2D eigenvalue weighted by atomic mass is 10.0. The standard InChI is InChI=1S/C22H17NO2/c24-21(17-12-6-2-7-13-17)20-19(16-10-4-1-5-11-16)23(20)22(25)18-14-8-3-9-15-18/h1-15,19-20H/t19-,20-,23?/m0/s1. The van der Waals surface area contributed by atoms with Gasteiger partial charge in [0, 0.05) is 11.1 Å². The van der Waals surface area contributed by atoms with E-state index in [2.05, 4.69) is 0 Å². The zero-order chi connectivity index (χ0) is 17.2. The molecule has 3 heteroatoms. The van der Waals surface area contributed by atoms with Crippen molar-refractivity contribution >= 4 is 11.7 Å². The number of nitrogens with zero attached hydrogens (tertiary/aromatic N) is 1. The number of ketones is 1. The molecule has 1 saturated heterocycles. The third-order valence-corrected chi connectivity index (χ3v) is 4.53. The number of hydrogen-bond donors (Lipinski definition) is 0. The summed E-state index contributed by atoms with van der Waals surface area (Å²) in [4.78, 5) is 27.5. The van der Waals surface area contributed by atoms with Crippen molar-refractivity contribution in [1.29, 1.82) is 0 Å². The maximum atomic E-state index is 12.9. The molecule has 1 amide bonds. The number of benzene rings is 3. The molecule has 1 aliphatic rings. The lowest BCUT2D eigenvalue weighted by Gasteiger charge is -2.05. The minimum Gasteiger partial charge on any atom is -0.316 e. The third-order valence-electron chi connectivity index (χ3n) is 4.53. The molecule has 3 aromatic rings. The van der Waals surface area contributed by atoms with E-state index in [0.29, 0.717) is 11.1 Å². The third kappa shape index (κ3) is 2.85. The predicted molar refractivity (Wildman–Crippen MR) is 96.4 cm³/mol. The maximum absolute atomic E-state index is 12.9. The van der Waals surface area contributed by atoms with Gasteiger partial charge < -0.3 is 4.90 Å². The van der Waals surface area contributed by atoms with Gasteiger partial charge in [0.2, 0.25) is 0 Å². The fraction of sp³-hybridized carbons (Fsp3) is 0.0909. The summed E-state index contributed by atoms with van der Waals surface area (Å²) in [7, 11) is 0. The van der Waals surface area contributed by atoms with Crippen molar-refractivity contribution in [3.63, 3.8) is 0 Å². The van der Waals surface area contributed by atoms with E-state index in [9.17, 15) is 9.59 Å². The van der Waals surface area contributed by atoms with Gasteiger partial charge in [0.1, 0.15) is 6.04 Å². The average molecular weight is 327 g/mol. The lowest BCUT2D eigenvalue weighted by molar-refractivity contribution is 0.0833. The topological polar surface area (TPSA) is 37.1 Å². The molecule has 2 atom stereocenters. The minimum atomic E-state index is -0.447. The Morgan fingerprint density at radius 3 is 1.68 bits per heavy atom. The summed E-state index contributed by atoms with van der Waals surface area (Å²) in [6, 6.07) is 27.4. The molecule has 0 N–H and O–H groups in total. The van der Waals surface area contributed by atoms with Crippen molar-refractivity contribution in [3.05, 3.63) is 108 Å². The second-order valence-corrected chi connectivity index (χ2v) is 6.11. The Kier molecular flexibility index (Phi) is 3.90. The molecule has 0 radical (unpaired) electrons. The van der Waals surface area contributed by atoms with E-state index in [-0.39, 0.29) is 17.7 Å². The van der Waals surface area contributed by atoms with Crippen molar-refractivity contribution in [2.24, 2.45) is 0 Å². The number of hydrogen-bond acceptors (Lipinski definition) is 2. The zero-order valence-corrected chi connectivity index (χ0v) is 13.6. The Morgan fingerprint density at radius 2 is 1.12 bits per heavy atom. The van der Waals surface area contributed by atoms with Crippen molar-refractivity contribution in [1.82, 2.24) is 4.90 Å². The Bertz CT molecular complexity index is 834. The average Bonchev–Trinajstić information content (AvgIpc) is 3.44. The Balaban J connectivity index is 1.68. The minimum absolute atomic E-state index is 0.0151. The highest BCUT2D eigenvalue weighted by atomic mass is 16.2. The van der Waals surface area contributed by atoms with E-state index in [4.69, 9.17) is 0 Å². The summed E-state index contributed by atoms with van der Waals surface area (Å²) in [5.74, 6) is -0.123. The van der Waals surface area contributed by atoms with Gasteiger partial charge in [-0.15, -0.1) is 0 Å². The molecule has 1 aliphatic heterocycles. The van der Waals surface area contributed by atoms with Crippen LogP contribution in [0.15, 0.2) is 91.0 Å². The van der Waals surface area contributed by atoms with Crippen LogP contribution in [0.5, 0.6) is 0 Å². The van der Waals surface area contributed by atoms with Crippen LogP contribution in [0.25, 0.3) is 0 Å². The first-order chi connectivity index (χ1) is 12.3. The molecule has 3 nitrogen and oxygen atoms in total. The second-order valence-electron chi connectivity index (χ2n) is 6.11. The quantitative estimate of drug-likeness (QED) is 0.533. The first kappa shape index (κ1) is 15.3. The number of amides is 1. The van der Waals surface area contributed by atoms with Crippen LogP contribution in [-0.2, 0) is 0 Å². The summed E-state index contributed by atoms with van der Waals surface area (Å²) in [5, 5.41) is 0. The molecule has 1 fully saturated rings. The van der Waals surface area contributed by atoms with Crippen LogP contribution in [0, 0.1) is 0 Å². The molecular weight excluding hydrogens is 310 g/mol. The summed E-state index contributed by atoms with van der Waals surface area (Å²) in [6.07, 6.45) is 0. The number of Topliss-reactive ketones (excluding diaryl/α,β-unsaturated/α-hetero) is 1. The fourth-order valence-electron chi connectivity index (χ4n) is 3.25. The molecular formula is C22H17NO2. The van der Waals surface area contributed by atoms with Crippen LogP contribution in [0.2, 0.25) is 0 Å². The molecule has 25 heavy (non-hydrogen) atoms. The van der Waals surface area contributed by atoms with Crippen LogP contribution in [-0.4, -0.2) is 22.6 Å². The van der Waals surface area contributed by atoms with Gasteiger partial charge in [-0.3, -0.25) is 9.59 Å². The Morgan fingerprint density at radius 1 is 0.640 bits per heavy atom. The summed E-state index contributed by atoms with van der Waals surface area (Å²) < 4.78 is 0. The normalized spacial score (nSPS) is 18.6. The number of rotatable bonds is 4. The highest BCUT2D eigenvalue weighted by molar-refractivity contribution is 6.08. The van der Waals surface area contributed by atoms with Gasteiger partial charge in [-0.1, -0.05) is 78.9 Å². The number of carbonyl (C=O) groups is 2. The molecule has 0 bridgehead atoms. The first-order valence-corrected chi connectivity index (χ1v) is 8.29. The zero-order valence-electron chi connectivity index (χ0n) is 13.6. The van der Waals surface area contributed by atoms with E-state index >= 15 is 0 Å². The second kappa shape index (κ2) is 6.36. The van der Waals surface area contributed by atoms with Gasteiger partial charge in [0.05, 0.1) is 6.04 Å². The SMILES string of the molecule is O=C(c1ccccc1)[C@@H]1[C@H](c2ccccc2)N1C(=O)c1ccccc1. The lowest BCUT2D eigenvalue weighted by Crippen LogP contribution is -2.19. The van der Waals surface area contributed by atoms with Gasteiger partial charge in [0.15, 0.2) is 5.78 Å². The van der Waals surface area contributed by atoms with Crippen LogP contribution in [0.1, 0.15) is 32.3 Å². The van der Waals surface area contributed by atoms with Gasteiger partial charge >= 0.3 is 0 Å². The van der Waals surface area contributed by atoms with Crippen molar-refractivity contribution in [2.45, 2.75) is 12.1 Å². The maximum Gasteiger partial charge on any atom is 0.255 e. The van der Waals surface area contributed by atoms with E-state index in [1.807, 2.05) is 66.7 Å². The summed E-state index contributed by atoms with van der Waals surface area (Å²) in [6.45, 7) is 0. The number of carbonyl (C=O) groups excluding carboxylic acids is 2. The largest absolute Gasteiger partial charge is 0.316 e. The molecule has 0 spiro atoms. The summed E-state index contributed by atoms with van der Waals surface area (Å²) >= 11 is 0. The highest BCUT2D eigenvalue weighted by Crippen LogP contribution is 2.45. The van der Waals surface area contributed by atoms with Gasteiger partial charge in [-0.05, 0) is 17.7 Å². The highest BCUT2D eigenvalue weighted by Gasteiger charge is 2.56. The molecule has 4 rings (SSSR count). The van der Waals surface area contributed by atoms with Crippen LogP contribution in [0.4, 0.5) is 0 Å². The van der Waals surface area contributed by atoms with Crippen molar-refractivity contribution < 1.29 is 9.59 Å². The molecule has 122 valence electrons. The molecule has 0 saturated carbocycles. The molecule has 0 aromatic heterocycles. The van der Waals surface area contributed by atoms with Crippen LogP contribution >= 0.6 is 0 Å². The van der Waals surface area contributed by atoms with Gasteiger partial charge in [-0.25, -0.2) is 0 Å². The van der Waals surface area contributed by atoms with Crippen molar-refractivity contribution in [3.8, 4) is 0 Å². The smallest absolute Gasteiger partial charge is 0.255 e. The first-order valence-electron chi connectivity index (χ1n) is 8.29. The Labute approximate surface area is 146 Å². The van der Waals surface area contributed by atoms with E-state index < -0.39 is 6.04 Å². The Hall–Kier alpha value is -3.20. The van der Waals surface area contributed by atoms with Crippen LogP contribution < -0.4 is 0 Å². The molecule has 0 aliphatic carbocycles. The predicted octanol–water partition coefficient (Wildman–Crippen LogP) is 4.14. The van der Waals surface area contributed by atoms with E-state index in [0.717, 1.165) is 5.56 Å². The van der Waals surface area contributed by atoms with Crippen LogP contribution in [0.3, 0.4) is 0 Å². The molecule has 0 unspecified atom stereocenters. The van der Waals surface area contributed by atoms with E-state index in [1.165, 1.54) is 0 Å². The molecule has 3 aromatic carbocycles. The van der Waals surface area contributed by atoms with Gasteiger partial charge in [0.25, 0.3) is 5.91 Å².